The average Bonchev–Trinajstić information content (AvgIpc) is 3.36. The molecule has 1 N–H and O–H groups in total. The predicted molar refractivity (Wildman–Crippen MR) is 106 cm³/mol. The number of nitro benzene ring substituents is 1. The second-order valence-corrected chi connectivity index (χ2v) is 6.86. The van der Waals surface area contributed by atoms with Crippen molar-refractivity contribution in [3.8, 4) is 0 Å². The second-order valence-electron chi connectivity index (χ2n) is 6.86. The lowest BCUT2D eigenvalue weighted by molar-refractivity contribution is -0.384. The number of nitrogens with zero attached hydrogens (tertiary/aromatic N) is 4. The summed E-state index contributed by atoms with van der Waals surface area (Å²) in [6.45, 7) is 2.03. The molecule has 0 spiro atoms. The van der Waals surface area contributed by atoms with Crippen LogP contribution in [0.1, 0.15) is 28.9 Å². The number of amides is 1. The number of nitro groups is 1. The van der Waals surface area contributed by atoms with E-state index in [1.807, 2.05) is 39.9 Å². The Morgan fingerprint density at radius 3 is 2.79 bits per heavy atom. The van der Waals surface area contributed by atoms with E-state index in [1.165, 1.54) is 6.07 Å². The minimum atomic E-state index is -0.416. The van der Waals surface area contributed by atoms with Gasteiger partial charge in [0.25, 0.3) is 11.6 Å². The Morgan fingerprint density at radius 2 is 2.04 bits per heavy atom. The fourth-order valence-corrected chi connectivity index (χ4v) is 3.55. The van der Waals surface area contributed by atoms with Crippen LogP contribution in [-0.2, 0) is 6.42 Å². The quantitative estimate of drug-likeness (QED) is 0.525. The molecule has 0 atom stereocenters. The predicted octanol–water partition coefficient (Wildman–Crippen LogP) is 2.82. The maximum atomic E-state index is 12.4. The van der Waals surface area contributed by atoms with Crippen LogP contribution in [0.25, 0.3) is 5.65 Å². The molecule has 1 aliphatic rings. The Balaban J connectivity index is 1.42. The van der Waals surface area contributed by atoms with Gasteiger partial charge in [-0.05, 0) is 37.1 Å². The number of anilines is 1. The number of imidazole rings is 1. The van der Waals surface area contributed by atoms with Crippen molar-refractivity contribution >= 4 is 22.9 Å². The van der Waals surface area contributed by atoms with E-state index < -0.39 is 4.92 Å². The summed E-state index contributed by atoms with van der Waals surface area (Å²) in [6.07, 6.45) is 6.49. The highest BCUT2D eigenvalue weighted by molar-refractivity contribution is 5.95. The molecule has 0 bridgehead atoms. The van der Waals surface area contributed by atoms with Gasteiger partial charge in [0.1, 0.15) is 11.3 Å². The van der Waals surface area contributed by atoms with Gasteiger partial charge in [0, 0.05) is 50.1 Å². The number of hydrogen-bond acceptors (Lipinski definition) is 5. The first-order chi connectivity index (χ1) is 13.6. The molecule has 0 unspecified atom stereocenters. The van der Waals surface area contributed by atoms with Crippen LogP contribution in [0, 0.1) is 10.1 Å². The van der Waals surface area contributed by atoms with Gasteiger partial charge in [0.2, 0.25) is 0 Å². The van der Waals surface area contributed by atoms with Crippen molar-refractivity contribution in [2.24, 2.45) is 0 Å². The summed E-state index contributed by atoms with van der Waals surface area (Å²) < 4.78 is 1.93. The molecule has 8 heteroatoms. The van der Waals surface area contributed by atoms with E-state index in [0.717, 1.165) is 37.3 Å². The lowest BCUT2D eigenvalue weighted by Crippen LogP contribution is -2.26. The second kappa shape index (κ2) is 7.67. The maximum absolute atomic E-state index is 12.4. The number of carbonyl (C=O) groups excluding carboxylic acids is 1. The van der Waals surface area contributed by atoms with Gasteiger partial charge >= 0.3 is 0 Å². The Hall–Kier alpha value is -3.42. The SMILES string of the molecule is O=C(NCCc1cn2ccccc2n1)c1ccc(N2CCCC2)c([N+](=O)[O-])c1. The van der Waals surface area contributed by atoms with E-state index in [1.54, 1.807) is 12.1 Å². The maximum Gasteiger partial charge on any atom is 0.293 e. The minimum absolute atomic E-state index is 0.0186. The lowest BCUT2D eigenvalue weighted by atomic mass is 10.1. The molecule has 1 fully saturated rings. The molecule has 0 saturated carbocycles. The van der Waals surface area contributed by atoms with E-state index in [0.29, 0.717) is 24.2 Å². The first-order valence-electron chi connectivity index (χ1n) is 9.36. The van der Waals surface area contributed by atoms with E-state index >= 15 is 0 Å². The third kappa shape index (κ3) is 3.66. The van der Waals surface area contributed by atoms with Crippen LogP contribution in [-0.4, -0.2) is 39.8 Å². The van der Waals surface area contributed by atoms with Crippen molar-refractivity contribution in [2.45, 2.75) is 19.3 Å². The molecular formula is C20H21N5O3. The summed E-state index contributed by atoms with van der Waals surface area (Å²) in [5, 5.41) is 14.3. The van der Waals surface area contributed by atoms with Crippen molar-refractivity contribution in [3.05, 3.63) is 70.2 Å². The van der Waals surface area contributed by atoms with Gasteiger partial charge in [-0.25, -0.2) is 4.98 Å². The smallest absolute Gasteiger partial charge is 0.293 e. The zero-order valence-corrected chi connectivity index (χ0v) is 15.4. The van der Waals surface area contributed by atoms with Gasteiger partial charge in [-0.3, -0.25) is 14.9 Å². The van der Waals surface area contributed by atoms with Gasteiger partial charge in [-0.15, -0.1) is 0 Å². The molecule has 28 heavy (non-hydrogen) atoms. The van der Waals surface area contributed by atoms with E-state index in [2.05, 4.69) is 10.3 Å². The zero-order valence-electron chi connectivity index (χ0n) is 15.4. The molecule has 2 aromatic heterocycles. The van der Waals surface area contributed by atoms with Crippen LogP contribution in [0.5, 0.6) is 0 Å². The van der Waals surface area contributed by atoms with E-state index in [4.69, 9.17) is 0 Å². The standard InChI is InChI=1S/C20H21N5O3/c26-20(21-9-8-16-14-24-12-2-1-5-19(24)22-16)15-6-7-17(18(13-15)25(27)28)23-10-3-4-11-23/h1-2,5-7,12-14H,3-4,8-11H2,(H,21,26). The van der Waals surface area contributed by atoms with Gasteiger partial charge in [-0.1, -0.05) is 6.07 Å². The molecule has 1 saturated heterocycles. The number of pyridine rings is 1. The highest BCUT2D eigenvalue weighted by Gasteiger charge is 2.23. The van der Waals surface area contributed by atoms with Crippen molar-refractivity contribution in [1.82, 2.24) is 14.7 Å². The van der Waals surface area contributed by atoms with E-state index in [9.17, 15) is 14.9 Å². The summed E-state index contributed by atoms with van der Waals surface area (Å²) in [5.74, 6) is -0.320. The Labute approximate surface area is 161 Å². The fraction of sp³-hybridized carbons (Fsp3) is 0.300. The third-order valence-electron chi connectivity index (χ3n) is 4.96. The Bertz CT molecular complexity index is 991. The first kappa shape index (κ1) is 18.0. The van der Waals surface area contributed by atoms with Crippen LogP contribution in [0.3, 0.4) is 0 Å². The summed E-state index contributed by atoms with van der Waals surface area (Å²) in [7, 11) is 0. The molecule has 1 aliphatic heterocycles. The average molecular weight is 379 g/mol. The van der Waals surface area contributed by atoms with Gasteiger partial charge in [0.15, 0.2) is 0 Å². The van der Waals surface area contributed by atoms with Crippen LogP contribution >= 0.6 is 0 Å². The molecule has 3 aromatic rings. The monoisotopic (exact) mass is 379 g/mol. The van der Waals surface area contributed by atoms with Crippen LogP contribution in [0.4, 0.5) is 11.4 Å². The Morgan fingerprint density at radius 1 is 1.21 bits per heavy atom. The number of fused-ring (bicyclic) bond motifs is 1. The molecule has 4 rings (SSSR count). The number of benzene rings is 1. The topological polar surface area (TPSA) is 92.8 Å². The normalized spacial score (nSPS) is 13.8. The van der Waals surface area contributed by atoms with Crippen LogP contribution in [0.2, 0.25) is 0 Å². The van der Waals surface area contributed by atoms with Gasteiger partial charge < -0.3 is 14.6 Å². The molecule has 0 radical (unpaired) electrons. The molecule has 8 nitrogen and oxygen atoms in total. The van der Waals surface area contributed by atoms with Crippen molar-refractivity contribution < 1.29 is 9.72 Å². The highest BCUT2D eigenvalue weighted by Crippen LogP contribution is 2.31. The number of rotatable bonds is 6. The van der Waals surface area contributed by atoms with Crippen molar-refractivity contribution in [3.63, 3.8) is 0 Å². The summed E-state index contributed by atoms with van der Waals surface area (Å²) in [5.41, 5.74) is 2.60. The van der Waals surface area contributed by atoms with Crippen molar-refractivity contribution in [2.75, 3.05) is 24.5 Å². The van der Waals surface area contributed by atoms with Gasteiger partial charge in [0.05, 0.1) is 10.6 Å². The molecule has 3 heterocycles. The first-order valence-corrected chi connectivity index (χ1v) is 9.36. The lowest BCUT2D eigenvalue weighted by Gasteiger charge is -2.17. The number of aromatic nitrogens is 2. The summed E-state index contributed by atoms with van der Waals surface area (Å²) in [4.78, 5) is 30.0. The van der Waals surface area contributed by atoms with E-state index in [-0.39, 0.29) is 11.6 Å². The molecule has 144 valence electrons. The number of hydrogen-bond donors (Lipinski definition) is 1. The third-order valence-corrected chi connectivity index (χ3v) is 4.96. The number of nitrogens with one attached hydrogen (secondary N) is 1. The molecular weight excluding hydrogens is 358 g/mol. The summed E-state index contributed by atoms with van der Waals surface area (Å²) >= 11 is 0. The van der Waals surface area contributed by atoms with Crippen LogP contribution in [0.15, 0.2) is 48.8 Å². The van der Waals surface area contributed by atoms with Gasteiger partial charge in [-0.2, -0.15) is 0 Å². The molecule has 1 amide bonds. The summed E-state index contributed by atoms with van der Waals surface area (Å²) in [6, 6.07) is 10.5. The molecule has 1 aromatic carbocycles. The fourth-order valence-electron chi connectivity index (χ4n) is 3.55. The molecule has 0 aliphatic carbocycles. The number of carbonyl (C=O) groups is 1. The van der Waals surface area contributed by atoms with Crippen LogP contribution < -0.4 is 10.2 Å². The zero-order chi connectivity index (χ0) is 19.5. The highest BCUT2D eigenvalue weighted by atomic mass is 16.6. The largest absolute Gasteiger partial charge is 0.366 e. The van der Waals surface area contributed by atoms with Crippen molar-refractivity contribution in [1.29, 1.82) is 0 Å². The minimum Gasteiger partial charge on any atom is -0.366 e. The Kier molecular flexibility index (Phi) is 4.92.